The number of hydrazone groups is 1. The first-order chi connectivity index (χ1) is 16.7. The van der Waals surface area contributed by atoms with Gasteiger partial charge in [-0.2, -0.15) is 18.3 Å². The van der Waals surface area contributed by atoms with Crippen LogP contribution in [0, 0.1) is 13.8 Å². The summed E-state index contributed by atoms with van der Waals surface area (Å²) < 4.78 is 66.0. The van der Waals surface area contributed by atoms with Gasteiger partial charge >= 0.3 is 6.18 Å². The summed E-state index contributed by atoms with van der Waals surface area (Å²) in [5, 5.41) is 4.80. The lowest BCUT2D eigenvalue weighted by Gasteiger charge is -2.22. The van der Waals surface area contributed by atoms with Crippen LogP contribution in [0.4, 0.5) is 18.9 Å². The van der Waals surface area contributed by atoms with E-state index in [1.165, 1.54) is 12.3 Å². The number of amides is 1. The minimum Gasteiger partial charge on any atom is -0.318 e. The zero-order valence-electron chi connectivity index (χ0n) is 19.3. The fraction of sp³-hybridized carbons (Fsp3) is 0.217. The Hall–Kier alpha value is -3.02. The Kier molecular flexibility index (Phi) is 8.07. The zero-order chi connectivity index (χ0) is 26.8. The van der Waals surface area contributed by atoms with E-state index in [9.17, 15) is 26.4 Å². The predicted octanol–water partition coefficient (Wildman–Crippen LogP) is 5.34. The number of aryl methyl sites for hydroxylation is 1. The Morgan fingerprint density at radius 2 is 1.75 bits per heavy atom. The molecule has 2 aromatic carbocycles. The molecule has 0 aliphatic carbocycles. The number of nitrogens with zero attached hydrogens (tertiary/aromatic N) is 3. The van der Waals surface area contributed by atoms with E-state index < -0.39 is 34.2 Å². The Morgan fingerprint density at radius 1 is 1.11 bits per heavy atom. The first-order valence-electron chi connectivity index (χ1n) is 10.3. The summed E-state index contributed by atoms with van der Waals surface area (Å²) in [5.74, 6) is -0.843. The molecule has 7 nitrogen and oxygen atoms in total. The minimum atomic E-state index is -4.67. The quantitative estimate of drug-likeness (QED) is 0.313. The van der Waals surface area contributed by atoms with Crippen molar-refractivity contribution in [2.75, 3.05) is 17.1 Å². The van der Waals surface area contributed by atoms with Gasteiger partial charge in [-0.1, -0.05) is 29.3 Å². The smallest absolute Gasteiger partial charge is 0.318 e. The van der Waals surface area contributed by atoms with Crippen molar-refractivity contribution in [2.24, 2.45) is 5.10 Å². The van der Waals surface area contributed by atoms with E-state index in [1.807, 2.05) is 24.5 Å². The molecule has 3 rings (SSSR count). The molecule has 1 amide bonds. The van der Waals surface area contributed by atoms with Crippen molar-refractivity contribution in [1.29, 1.82) is 0 Å². The number of hydrogen-bond donors (Lipinski definition) is 1. The lowest BCUT2D eigenvalue weighted by Crippen LogP contribution is -2.39. The maximum Gasteiger partial charge on any atom is 0.416 e. The number of hydrogen-bond acceptors (Lipinski definition) is 4. The first kappa shape index (κ1) is 27.6. The summed E-state index contributed by atoms with van der Waals surface area (Å²) in [4.78, 5) is 12.4. The van der Waals surface area contributed by atoms with Crippen molar-refractivity contribution in [3.05, 3.63) is 81.1 Å². The monoisotopic (exact) mass is 560 g/mol. The molecule has 0 fully saturated rings. The number of halogens is 5. The molecule has 0 atom stereocenters. The zero-order valence-corrected chi connectivity index (χ0v) is 21.6. The highest BCUT2D eigenvalue weighted by molar-refractivity contribution is 7.92. The van der Waals surface area contributed by atoms with E-state index in [0.717, 1.165) is 35.5 Å². The van der Waals surface area contributed by atoms with Gasteiger partial charge in [-0.05, 0) is 56.3 Å². The third-order valence-electron chi connectivity index (χ3n) is 5.12. The molecule has 0 saturated heterocycles. The Balaban J connectivity index is 1.78. The molecule has 1 N–H and O–H groups in total. The third kappa shape index (κ3) is 6.59. The number of benzene rings is 2. The molecule has 0 bridgehead atoms. The Morgan fingerprint density at radius 3 is 2.33 bits per heavy atom. The molecule has 0 aliphatic rings. The maximum absolute atomic E-state index is 13.0. The summed E-state index contributed by atoms with van der Waals surface area (Å²) in [6.07, 6.45) is -2.51. The third-order valence-corrected chi connectivity index (χ3v) is 6.69. The van der Waals surface area contributed by atoms with Crippen LogP contribution in [0.2, 0.25) is 10.0 Å². The standard InChI is InChI=1S/C23H21Cl2F3N4O3S/c1-14-7-16(15(2)32(14)21-10-18(24)9-19(25)11-21)12-29-30-22(33)13-31(36(3,34)35)20-6-4-5-17(8-20)23(26,27)28/h4-12H,13H2,1-3H3,(H,30,33). The summed E-state index contributed by atoms with van der Waals surface area (Å²) >= 11 is 12.2. The molecule has 192 valence electrons. The van der Waals surface area contributed by atoms with Crippen LogP contribution in [-0.4, -0.2) is 37.9 Å². The number of carbonyl (C=O) groups is 1. The average Bonchev–Trinajstić information content (AvgIpc) is 3.03. The molecular weight excluding hydrogens is 540 g/mol. The highest BCUT2D eigenvalue weighted by atomic mass is 35.5. The molecule has 0 unspecified atom stereocenters. The summed E-state index contributed by atoms with van der Waals surface area (Å²) in [6.45, 7) is 2.91. The van der Waals surface area contributed by atoms with Crippen LogP contribution in [-0.2, 0) is 21.0 Å². The highest BCUT2D eigenvalue weighted by Crippen LogP contribution is 2.32. The molecule has 1 heterocycles. The molecule has 0 spiro atoms. The number of rotatable bonds is 7. The van der Waals surface area contributed by atoms with Crippen molar-refractivity contribution >= 4 is 51.0 Å². The first-order valence-corrected chi connectivity index (χ1v) is 12.9. The summed E-state index contributed by atoms with van der Waals surface area (Å²) in [6, 6.07) is 10.6. The molecule has 1 aromatic heterocycles. The van der Waals surface area contributed by atoms with Gasteiger partial charge in [-0.15, -0.1) is 0 Å². The highest BCUT2D eigenvalue weighted by Gasteiger charge is 2.32. The SMILES string of the molecule is Cc1cc(C=NNC(=O)CN(c2cccc(C(F)(F)F)c2)S(C)(=O)=O)c(C)n1-c1cc(Cl)cc(Cl)c1. The number of sulfonamides is 1. The van der Waals surface area contributed by atoms with Gasteiger partial charge < -0.3 is 4.57 Å². The largest absolute Gasteiger partial charge is 0.416 e. The Labute approximate surface area is 216 Å². The molecule has 0 radical (unpaired) electrons. The van der Waals surface area contributed by atoms with Gasteiger partial charge in [0.1, 0.15) is 6.54 Å². The van der Waals surface area contributed by atoms with Crippen LogP contribution in [0.5, 0.6) is 0 Å². The van der Waals surface area contributed by atoms with Crippen molar-refractivity contribution < 1.29 is 26.4 Å². The van der Waals surface area contributed by atoms with Gasteiger partial charge in [-0.25, -0.2) is 13.8 Å². The van der Waals surface area contributed by atoms with Crippen LogP contribution in [0.3, 0.4) is 0 Å². The number of alkyl halides is 3. The predicted molar refractivity (Wildman–Crippen MR) is 135 cm³/mol. The molecular formula is C23H21Cl2F3N4O3S. The van der Waals surface area contributed by atoms with Crippen molar-refractivity contribution in [3.63, 3.8) is 0 Å². The lowest BCUT2D eigenvalue weighted by molar-refractivity contribution is -0.137. The summed E-state index contributed by atoms with van der Waals surface area (Å²) in [5.41, 5.74) is 3.87. The van der Waals surface area contributed by atoms with Crippen molar-refractivity contribution in [3.8, 4) is 5.69 Å². The van der Waals surface area contributed by atoms with Gasteiger partial charge in [0.15, 0.2) is 0 Å². The topological polar surface area (TPSA) is 83.8 Å². The second kappa shape index (κ2) is 10.5. The van der Waals surface area contributed by atoms with Gasteiger partial charge in [-0.3, -0.25) is 9.10 Å². The van der Waals surface area contributed by atoms with E-state index >= 15 is 0 Å². The molecule has 0 saturated carbocycles. The van der Waals surface area contributed by atoms with Crippen LogP contribution in [0.1, 0.15) is 22.5 Å². The number of aromatic nitrogens is 1. The molecule has 0 aliphatic heterocycles. The second-order valence-electron chi connectivity index (χ2n) is 7.90. The fourth-order valence-corrected chi connectivity index (χ4v) is 4.92. The van der Waals surface area contributed by atoms with E-state index in [1.54, 1.807) is 18.2 Å². The molecule has 36 heavy (non-hydrogen) atoms. The van der Waals surface area contributed by atoms with Gasteiger partial charge in [0.05, 0.1) is 23.7 Å². The molecule has 3 aromatic rings. The fourth-order valence-electron chi connectivity index (χ4n) is 3.56. The van der Waals surface area contributed by atoms with E-state index in [2.05, 4.69) is 10.5 Å². The second-order valence-corrected chi connectivity index (χ2v) is 10.7. The number of carbonyl (C=O) groups excluding carboxylic acids is 1. The van der Waals surface area contributed by atoms with E-state index in [0.29, 0.717) is 26.0 Å². The normalized spacial score (nSPS) is 12.2. The van der Waals surface area contributed by atoms with E-state index in [4.69, 9.17) is 23.2 Å². The average molecular weight is 561 g/mol. The number of anilines is 1. The van der Waals surface area contributed by atoms with Crippen molar-refractivity contribution in [2.45, 2.75) is 20.0 Å². The van der Waals surface area contributed by atoms with Crippen LogP contribution >= 0.6 is 23.2 Å². The van der Waals surface area contributed by atoms with Crippen molar-refractivity contribution in [1.82, 2.24) is 9.99 Å². The van der Waals surface area contributed by atoms with Crippen LogP contribution < -0.4 is 9.73 Å². The van der Waals surface area contributed by atoms with Crippen LogP contribution in [0.15, 0.2) is 53.6 Å². The molecule has 13 heteroatoms. The lowest BCUT2D eigenvalue weighted by atomic mass is 10.2. The van der Waals surface area contributed by atoms with Gasteiger partial charge in [0, 0.05) is 32.7 Å². The summed E-state index contributed by atoms with van der Waals surface area (Å²) in [7, 11) is -4.07. The van der Waals surface area contributed by atoms with Gasteiger partial charge in [0.2, 0.25) is 10.0 Å². The van der Waals surface area contributed by atoms with E-state index in [-0.39, 0.29) is 5.69 Å². The van der Waals surface area contributed by atoms with Crippen LogP contribution in [0.25, 0.3) is 5.69 Å². The maximum atomic E-state index is 13.0. The van der Waals surface area contributed by atoms with Gasteiger partial charge in [0.25, 0.3) is 5.91 Å². The Bertz CT molecular complexity index is 1420. The number of nitrogens with one attached hydrogen (secondary N) is 1. The minimum absolute atomic E-state index is 0.296.